The second-order valence-corrected chi connectivity index (χ2v) is 3.81. The van der Waals surface area contributed by atoms with Crippen LogP contribution in [0.1, 0.15) is 16.1 Å². The fourth-order valence-corrected chi connectivity index (χ4v) is 1.85. The molecule has 0 atom stereocenters. The molecule has 1 N–H and O–H groups in total. The van der Waals surface area contributed by atoms with Crippen molar-refractivity contribution in [1.82, 2.24) is 14.8 Å². The third kappa shape index (κ3) is 2.00. The lowest BCUT2D eigenvalue weighted by Gasteiger charge is -2.08. The Balaban J connectivity index is 2.66. The number of aromatic carboxylic acids is 1. The summed E-state index contributed by atoms with van der Waals surface area (Å²) in [5.74, 6) is -1.68. The van der Waals surface area contributed by atoms with E-state index in [1.54, 1.807) is 0 Å². The van der Waals surface area contributed by atoms with Gasteiger partial charge in [0.05, 0.1) is 6.20 Å². The third-order valence-electron chi connectivity index (χ3n) is 1.87. The predicted molar refractivity (Wildman–Crippen MR) is 51.2 cm³/mol. The van der Waals surface area contributed by atoms with Gasteiger partial charge in [0, 0.05) is 11.6 Å². The summed E-state index contributed by atoms with van der Waals surface area (Å²) in [7, 11) is 0. The van der Waals surface area contributed by atoms with E-state index >= 15 is 0 Å². The van der Waals surface area contributed by atoms with Crippen molar-refractivity contribution < 1.29 is 23.1 Å². The monoisotopic (exact) mass is 263 g/mol. The Hall–Kier alpha value is -1.90. The Kier molecular flexibility index (Phi) is 2.62. The first kappa shape index (κ1) is 11.6. The van der Waals surface area contributed by atoms with Crippen molar-refractivity contribution in [2.75, 3.05) is 0 Å². The van der Waals surface area contributed by atoms with E-state index in [2.05, 4.69) is 10.1 Å². The maximum absolute atomic E-state index is 12.7. The van der Waals surface area contributed by atoms with E-state index < -0.39 is 23.4 Å². The Morgan fingerprint density at radius 2 is 2.18 bits per heavy atom. The predicted octanol–water partition coefficient (Wildman–Crippen LogP) is 2.05. The molecule has 0 aliphatic carbocycles. The van der Waals surface area contributed by atoms with Gasteiger partial charge in [-0.3, -0.25) is 0 Å². The molecule has 0 aromatic carbocycles. The van der Waals surface area contributed by atoms with Crippen LogP contribution in [0.15, 0.2) is 17.8 Å². The first-order valence-corrected chi connectivity index (χ1v) is 5.07. The molecule has 2 aromatic heterocycles. The molecule has 5 nitrogen and oxygen atoms in total. The molecule has 2 aromatic rings. The van der Waals surface area contributed by atoms with Gasteiger partial charge in [-0.1, -0.05) is 0 Å². The summed E-state index contributed by atoms with van der Waals surface area (Å²) < 4.78 is 38.7. The second-order valence-electron chi connectivity index (χ2n) is 2.94. The number of nitrogens with zero attached hydrogens (tertiary/aromatic N) is 3. The van der Waals surface area contributed by atoms with E-state index in [1.165, 1.54) is 11.6 Å². The number of hydrogen-bond donors (Lipinski definition) is 1. The van der Waals surface area contributed by atoms with Gasteiger partial charge >= 0.3 is 12.1 Å². The van der Waals surface area contributed by atoms with Gasteiger partial charge in [-0.25, -0.2) is 14.5 Å². The van der Waals surface area contributed by atoms with Crippen LogP contribution in [0.2, 0.25) is 0 Å². The lowest BCUT2D eigenvalue weighted by molar-refractivity contribution is -0.143. The van der Waals surface area contributed by atoms with E-state index in [-0.39, 0.29) is 5.13 Å². The molecule has 2 rings (SSSR count). The molecule has 0 fully saturated rings. The molecule has 0 radical (unpaired) electrons. The molecule has 0 amide bonds. The summed E-state index contributed by atoms with van der Waals surface area (Å²) in [6.07, 6.45) is -2.84. The average molecular weight is 263 g/mol. The Morgan fingerprint density at radius 3 is 2.65 bits per heavy atom. The number of alkyl halides is 3. The Morgan fingerprint density at radius 1 is 1.47 bits per heavy atom. The van der Waals surface area contributed by atoms with Gasteiger partial charge in [0.25, 0.3) is 0 Å². The number of carboxylic acids is 1. The van der Waals surface area contributed by atoms with Crippen LogP contribution >= 0.6 is 11.3 Å². The highest BCUT2D eigenvalue weighted by Crippen LogP contribution is 2.33. The van der Waals surface area contributed by atoms with Gasteiger partial charge in [0.1, 0.15) is 5.56 Å². The quantitative estimate of drug-likeness (QED) is 0.900. The molecule has 0 unspecified atom stereocenters. The fraction of sp³-hybridized carbons (Fsp3) is 0.125. The summed E-state index contributed by atoms with van der Waals surface area (Å²) in [6.45, 7) is 0. The summed E-state index contributed by atoms with van der Waals surface area (Å²) in [5.41, 5.74) is -2.23. The third-order valence-corrected chi connectivity index (χ3v) is 2.62. The lowest BCUT2D eigenvalue weighted by Crippen LogP contribution is -2.17. The first-order valence-electron chi connectivity index (χ1n) is 4.19. The van der Waals surface area contributed by atoms with Crippen molar-refractivity contribution in [3.8, 4) is 5.13 Å². The highest BCUT2D eigenvalue weighted by molar-refractivity contribution is 7.12. The van der Waals surface area contributed by atoms with Gasteiger partial charge in [-0.2, -0.15) is 18.3 Å². The summed E-state index contributed by atoms with van der Waals surface area (Å²) >= 11 is 0.928. The molecular weight excluding hydrogens is 259 g/mol. The minimum absolute atomic E-state index is 0.0372. The maximum atomic E-state index is 12.7. The minimum atomic E-state index is -4.81. The maximum Gasteiger partial charge on any atom is 0.434 e. The average Bonchev–Trinajstić information content (AvgIpc) is 2.85. The zero-order chi connectivity index (χ0) is 12.6. The van der Waals surface area contributed by atoms with Crippen LogP contribution in [0.5, 0.6) is 0 Å². The molecule has 0 bridgehead atoms. The standard InChI is InChI=1S/C8H4F3N3O2S/c9-8(10,11)5-4(6(15)16)3-13-14(5)7-12-1-2-17-7/h1-3H,(H,15,16). The zero-order valence-corrected chi connectivity index (χ0v) is 8.79. The van der Waals surface area contributed by atoms with E-state index in [9.17, 15) is 18.0 Å². The van der Waals surface area contributed by atoms with Crippen molar-refractivity contribution in [3.63, 3.8) is 0 Å². The van der Waals surface area contributed by atoms with E-state index in [1.807, 2.05) is 0 Å². The molecule has 0 aliphatic heterocycles. The molecule has 0 aliphatic rings. The number of rotatable bonds is 2. The summed E-state index contributed by atoms with van der Waals surface area (Å²) in [5, 5.41) is 13.5. The van der Waals surface area contributed by atoms with Crippen molar-refractivity contribution in [2.24, 2.45) is 0 Å². The van der Waals surface area contributed by atoms with Crippen molar-refractivity contribution >= 4 is 17.3 Å². The molecule has 0 spiro atoms. The lowest BCUT2D eigenvalue weighted by atomic mass is 10.2. The van der Waals surface area contributed by atoms with Crippen molar-refractivity contribution in [3.05, 3.63) is 29.0 Å². The van der Waals surface area contributed by atoms with Gasteiger partial charge in [0.2, 0.25) is 5.13 Å². The number of carboxylic acid groups (broad SMARTS) is 1. The van der Waals surface area contributed by atoms with Gasteiger partial charge < -0.3 is 5.11 Å². The number of carbonyl (C=O) groups is 1. The summed E-state index contributed by atoms with van der Waals surface area (Å²) in [6, 6.07) is 0. The van der Waals surface area contributed by atoms with Crippen LogP contribution < -0.4 is 0 Å². The highest BCUT2D eigenvalue weighted by Gasteiger charge is 2.41. The van der Waals surface area contributed by atoms with Crippen LogP contribution in [-0.2, 0) is 6.18 Å². The van der Waals surface area contributed by atoms with Crippen LogP contribution in [-0.4, -0.2) is 25.8 Å². The first-order chi connectivity index (χ1) is 7.91. The van der Waals surface area contributed by atoms with Gasteiger partial charge in [0.15, 0.2) is 5.69 Å². The molecule has 0 saturated heterocycles. The molecule has 0 saturated carbocycles. The Bertz CT molecular complexity index is 547. The molecule has 90 valence electrons. The number of aromatic nitrogens is 3. The fourth-order valence-electron chi connectivity index (χ4n) is 1.24. The topological polar surface area (TPSA) is 68.0 Å². The van der Waals surface area contributed by atoms with Crippen LogP contribution in [0.3, 0.4) is 0 Å². The van der Waals surface area contributed by atoms with Gasteiger partial charge in [-0.05, 0) is 0 Å². The van der Waals surface area contributed by atoms with E-state index in [0.29, 0.717) is 10.9 Å². The van der Waals surface area contributed by atoms with Crippen LogP contribution in [0, 0.1) is 0 Å². The largest absolute Gasteiger partial charge is 0.478 e. The number of halogens is 3. The van der Waals surface area contributed by atoms with E-state index in [0.717, 1.165) is 11.3 Å². The Labute approximate surface area is 96.1 Å². The van der Waals surface area contributed by atoms with Crippen molar-refractivity contribution in [1.29, 1.82) is 0 Å². The van der Waals surface area contributed by atoms with Crippen molar-refractivity contribution in [2.45, 2.75) is 6.18 Å². The summed E-state index contributed by atoms with van der Waals surface area (Å²) in [4.78, 5) is 14.3. The SMILES string of the molecule is O=C(O)c1cnn(-c2nccs2)c1C(F)(F)F. The minimum Gasteiger partial charge on any atom is -0.478 e. The molecule has 17 heavy (non-hydrogen) atoms. The highest BCUT2D eigenvalue weighted by atomic mass is 32.1. The molecule has 2 heterocycles. The second kappa shape index (κ2) is 3.84. The van der Waals surface area contributed by atoms with Crippen LogP contribution in [0.4, 0.5) is 13.2 Å². The molecule has 9 heteroatoms. The number of thiazole rings is 1. The zero-order valence-electron chi connectivity index (χ0n) is 7.97. The molecular formula is C8H4F3N3O2S. The van der Waals surface area contributed by atoms with Gasteiger partial charge in [-0.15, -0.1) is 11.3 Å². The number of hydrogen-bond acceptors (Lipinski definition) is 4. The smallest absolute Gasteiger partial charge is 0.434 e. The van der Waals surface area contributed by atoms with E-state index in [4.69, 9.17) is 5.11 Å². The van der Waals surface area contributed by atoms with Crippen LogP contribution in [0.25, 0.3) is 5.13 Å². The normalized spacial score (nSPS) is 11.7.